The Kier molecular flexibility index (Phi) is 6.01. The van der Waals surface area contributed by atoms with Crippen LogP contribution < -0.4 is 4.72 Å². The lowest BCUT2D eigenvalue weighted by molar-refractivity contribution is 0.0621. The summed E-state index contributed by atoms with van der Waals surface area (Å²) in [6, 6.07) is 7.53. The van der Waals surface area contributed by atoms with Crippen molar-refractivity contribution in [3.8, 4) is 0 Å². The summed E-state index contributed by atoms with van der Waals surface area (Å²) in [7, 11) is -1.72. The summed E-state index contributed by atoms with van der Waals surface area (Å²) < 4.78 is 31.3. The maximum atomic E-state index is 12.6. The van der Waals surface area contributed by atoms with E-state index in [2.05, 4.69) is 4.72 Å². The van der Waals surface area contributed by atoms with E-state index in [1.807, 2.05) is 31.2 Å². The van der Waals surface area contributed by atoms with Crippen LogP contribution in [0.5, 0.6) is 0 Å². The Labute approximate surface area is 144 Å². The number of hydrogen-bond donors (Lipinski definition) is 1. The van der Waals surface area contributed by atoms with Crippen LogP contribution in [0.25, 0.3) is 0 Å². The van der Waals surface area contributed by atoms with Crippen molar-refractivity contribution in [2.24, 2.45) is 0 Å². The minimum absolute atomic E-state index is 0.00148. The van der Waals surface area contributed by atoms with Gasteiger partial charge in [0, 0.05) is 37.9 Å². The van der Waals surface area contributed by atoms with Crippen LogP contribution in [0.15, 0.2) is 24.3 Å². The van der Waals surface area contributed by atoms with Gasteiger partial charge in [-0.1, -0.05) is 17.7 Å². The smallest absolute Gasteiger partial charge is 0.253 e. The molecule has 2 rings (SSSR count). The van der Waals surface area contributed by atoms with Crippen molar-refractivity contribution in [2.45, 2.75) is 31.7 Å². The van der Waals surface area contributed by atoms with Crippen LogP contribution in [0.3, 0.4) is 0 Å². The van der Waals surface area contributed by atoms with Crippen LogP contribution >= 0.6 is 0 Å². The summed E-state index contributed by atoms with van der Waals surface area (Å²) >= 11 is 0. The molecule has 0 unspecified atom stereocenters. The van der Waals surface area contributed by atoms with E-state index < -0.39 is 15.6 Å². The first-order chi connectivity index (χ1) is 11.2. The topological polar surface area (TPSA) is 75.7 Å². The van der Waals surface area contributed by atoms with Crippen molar-refractivity contribution >= 4 is 15.9 Å². The second kappa shape index (κ2) is 7.63. The van der Waals surface area contributed by atoms with Crippen LogP contribution in [-0.2, 0) is 14.8 Å². The molecule has 1 fully saturated rings. The Balaban J connectivity index is 2.07. The number of amides is 1. The number of nitrogens with one attached hydrogen (secondary N) is 1. The first-order valence-electron chi connectivity index (χ1n) is 8.08. The van der Waals surface area contributed by atoms with E-state index in [0.29, 0.717) is 44.5 Å². The van der Waals surface area contributed by atoms with Crippen molar-refractivity contribution in [2.75, 3.05) is 33.1 Å². The van der Waals surface area contributed by atoms with Gasteiger partial charge in [0.1, 0.15) is 0 Å². The number of nitrogens with zero attached hydrogens (tertiary/aromatic N) is 1. The molecule has 1 amide bonds. The summed E-state index contributed by atoms with van der Waals surface area (Å²) in [4.78, 5) is 14.4. The molecule has 1 heterocycles. The maximum absolute atomic E-state index is 12.6. The Morgan fingerprint density at radius 2 is 2.00 bits per heavy atom. The second-order valence-corrected chi connectivity index (χ2v) is 8.31. The SMILES string of the molecule is COCCC1(NS(C)(=O)=O)CCN(C(=O)c2cccc(C)c2)CC1. The predicted molar refractivity (Wildman–Crippen MR) is 93.5 cm³/mol. The standard InChI is InChI=1S/C17H26N2O4S/c1-14-5-4-6-15(13-14)16(20)19-10-7-17(8-11-19,9-12-23-2)18-24(3,21)22/h4-6,13,18H,7-12H2,1-3H3. The lowest BCUT2D eigenvalue weighted by atomic mass is 9.85. The van der Waals surface area contributed by atoms with Gasteiger partial charge in [-0.15, -0.1) is 0 Å². The van der Waals surface area contributed by atoms with Crippen LogP contribution in [-0.4, -0.2) is 57.8 Å². The van der Waals surface area contributed by atoms with Gasteiger partial charge in [0.2, 0.25) is 10.0 Å². The van der Waals surface area contributed by atoms with Crippen LogP contribution in [0.4, 0.5) is 0 Å². The molecule has 0 bridgehead atoms. The third kappa shape index (κ3) is 5.03. The van der Waals surface area contributed by atoms with E-state index >= 15 is 0 Å². The van der Waals surface area contributed by atoms with Crippen LogP contribution in [0.1, 0.15) is 35.2 Å². The fraction of sp³-hybridized carbons (Fsp3) is 0.588. The minimum atomic E-state index is -3.32. The summed E-state index contributed by atoms with van der Waals surface area (Å²) in [5.41, 5.74) is 1.19. The number of aryl methyl sites for hydroxylation is 1. The van der Waals surface area contributed by atoms with Crippen molar-refractivity contribution in [3.05, 3.63) is 35.4 Å². The molecule has 134 valence electrons. The molecule has 0 atom stereocenters. The number of piperidine rings is 1. The number of carbonyl (C=O) groups excluding carboxylic acids is 1. The fourth-order valence-electron chi connectivity index (χ4n) is 3.19. The van der Waals surface area contributed by atoms with Gasteiger partial charge in [-0.3, -0.25) is 4.79 Å². The van der Waals surface area contributed by atoms with Gasteiger partial charge >= 0.3 is 0 Å². The van der Waals surface area contributed by atoms with E-state index in [4.69, 9.17) is 4.74 Å². The zero-order valence-corrected chi connectivity index (χ0v) is 15.4. The Morgan fingerprint density at radius 1 is 1.33 bits per heavy atom. The number of sulfonamides is 1. The number of benzene rings is 1. The zero-order valence-electron chi connectivity index (χ0n) is 14.5. The highest BCUT2D eigenvalue weighted by molar-refractivity contribution is 7.88. The summed E-state index contributed by atoms with van der Waals surface area (Å²) in [6.07, 6.45) is 2.94. The molecule has 0 radical (unpaired) electrons. The highest BCUT2D eigenvalue weighted by Gasteiger charge is 2.37. The third-order valence-corrected chi connectivity index (χ3v) is 5.26. The molecule has 7 heteroatoms. The number of likely N-dealkylation sites (tertiary alicyclic amines) is 1. The van der Waals surface area contributed by atoms with Crippen LogP contribution in [0, 0.1) is 6.92 Å². The lowest BCUT2D eigenvalue weighted by Gasteiger charge is -2.42. The van der Waals surface area contributed by atoms with E-state index in [0.717, 1.165) is 5.56 Å². The normalized spacial score (nSPS) is 17.7. The fourth-order valence-corrected chi connectivity index (χ4v) is 4.29. The lowest BCUT2D eigenvalue weighted by Crippen LogP contribution is -2.56. The molecule has 1 N–H and O–H groups in total. The van der Waals surface area contributed by atoms with E-state index in [9.17, 15) is 13.2 Å². The molecule has 0 spiro atoms. The average Bonchev–Trinajstić information content (AvgIpc) is 2.51. The third-order valence-electron chi connectivity index (χ3n) is 4.46. The summed E-state index contributed by atoms with van der Waals surface area (Å²) in [5, 5.41) is 0. The largest absolute Gasteiger partial charge is 0.385 e. The Hall–Kier alpha value is -1.44. The van der Waals surface area contributed by atoms with Crippen molar-refractivity contribution in [1.82, 2.24) is 9.62 Å². The van der Waals surface area contributed by atoms with Crippen LogP contribution in [0.2, 0.25) is 0 Å². The minimum Gasteiger partial charge on any atom is -0.385 e. The number of rotatable bonds is 6. The van der Waals surface area contributed by atoms with Gasteiger partial charge in [0.05, 0.1) is 6.26 Å². The number of ether oxygens (including phenoxy) is 1. The van der Waals surface area contributed by atoms with Crippen molar-refractivity contribution in [1.29, 1.82) is 0 Å². The van der Waals surface area contributed by atoms with E-state index in [-0.39, 0.29) is 5.91 Å². The number of methoxy groups -OCH3 is 1. The monoisotopic (exact) mass is 354 g/mol. The molecule has 1 aromatic rings. The Morgan fingerprint density at radius 3 is 2.54 bits per heavy atom. The molecule has 24 heavy (non-hydrogen) atoms. The summed E-state index contributed by atoms with van der Waals surface area (Å²) in [6.45, 7) is 3.49. The maximum Gasteiger partial charge on any atom is 0.253 e. The highest BCUT2D eigenvalue weighted by Crippen LogP contribution is 2.27. The molecule has 1 aliphatic rings. The van der Waals surface area contributed by atoms with Crippen molar-refractivity contribution < 1.29 is 17.9 Å². The molecule has 6 nitrogen and oxygen atoms in total. The van der Waals surface area contributed by atoms with Gasteiger partial charge < -0.3 is 9.64 Å². The molecule has 1 aromatic carbocycles. The average molecular weight is 354 g/mol. The molecule has 0 aliphatic carbocycles. The molecule has 0 saturated carbocycles. The van der Waals surface area contributed by atoms with Gasteiger partial charge in [0.15, 0.2) is 0 Å². The number of hydrogen-bond acceptors (Lipinski definition) is 4. The van der Waals surface area contributed by atoms with Gasteiger partial charge in [-0.05, 0) is 38.3 Å². The molecule has 1 aliphatic heterocycles. The van der Waals surface area contributed by atoms with Crippen molar-refractivity contribution in [3.63, 3.8) is 0 Å². The first-order valence-corrected chi connectivity index (χ1v) is 9.98. The highest BCUT2D eigenvalue weighted by atomic mass is 32.2. The Bertz CT molecular complexity index is 680. The van der Waals surface area contributed by atoms with E-state index in [1.54, 1.807) is 12.0 Å². The molecular formula is C17H26N2O4S. The quantitative estimate of drug-likeness (QED) is 0.841. The predicted octanol–water partition coefficient (Wildman–Crippen LogP) is 1.56. The van der Waals surface area contributed by atoms with Gasteiger partial charge in [-0.2, -0.15) is 0 Å². The number of carbonyl (C=O) groups is 1. The molecular weight excluding hydrogens is 328 g/mol. The van der Waals surface area contributed by atoms with E-state index in [1.165, 1.54) is 6.26 Å². The molecule has 1 saturated heterocycles. The molecule has 0 aromatic heterocycles. The first kappa shape index (κ1) is 18.9. The van der Waals surface area contributed by atoms with Gasteiger partial charge in [-0.25, -0.2) is 13.1 Å². The second-order valence-electron chi connectivity index (χ2n) is 6.56. The summed E-state index contributed by atoms with van der Waals surface area (Å²) in [5.74, 6) is -0.00148. The van der Waals surface area contributed by atoms with Gasteiger partial charge in [0.25, 0.3) is 5.91 Å². The zero-order chi connectivity index (χ0) is 17.8.